The highest BCUT2D eigenvalue weighted by molar-refractivity contribution is 5.89. The second-order valence-corrected chi connectivity index (χ2v) is 8.96. The van der Waals surface area contributed by atoms with Gasteiger partial charge in [-0.1, -0.05) is 24.3 Å². The molecule has 2 aromatic carbocycles. The number of hydrogen-bond donors (Lipinski definition) is 1. The van der Waals surface area contributed by atoms with Gasteiger partial charge < -0.3 is 0 Å². The van der Waals surface area contributed by atoms with Crippen LogP contribution >= 0.6 is 0 Å². The summed E-state index contributed by atoms with van der Waals surface area (Å²) in [6.45, 7) is 7.11. The fourth-order valence-corrected chi connectivity index (χ4v) is 4.30. The Balaban J connectivity index is 1.66. The number of fused-ring (bicyclic) bond motifs is 2. The number of likely N-dealkylation sites (N-methyl/N-ethyl adjacent to an activating group) is 1. The maximum Gasteiger partial charge on any atom is 0.273 e. The van der Waals surface area contributed by atoms with E-state index in [1.165, 1.54) is 23.3 Å². The van der Waals surface area contributed by atoms with Crippen molar-refractivity contribution in [3.63, 3.8) is 0 Å². The highest BCUT2D eigenvalue weighted by Gasteiger charge is 2.30. The van der Waals surface area contributed by atoms with Crippen LogP contribution in [0, 0.1) is 12.7 Å². The molecule has 0 saturated heterocycles. The van der Waals surface area contributed by atoms with Gasteiger partial charge in [0.2, 0.25) is 0 Å². The van der Waals surface area contributed by atoms with Gasteiger partial charge in [0.25, 0.3) is 5.56 Å². The predicted molar refractivity (Wildman–Crippen MR) is 119 cm³/mol. The van der Waals surface area contributed by atoms with E-state index < -0.39 is 11.4 Å². The molecule has 158 valence electrons. The maximum absolute atomic E-state index is 14.5. The van der Waals surface area contributed by atoms with Gasteiger partial charge in [0.1, 0.15) is 22.7 Å². The van der Waals surface area contributed by atoms with E-state index in [1.807, 2.05) is 6.07 Å². The van der Waals surface area contributed by atoms with Gasteiger partial charge in [0, 0.05) is 23.7 Å². The largest absolute Gasteiger partial charge is 0.297 e. The number of nitrogens with one attached hydrogen (secondary N) is 1. The summed E-state index contributed by atoms with van der Waals surface area (Å²) in [6.07, 6.45) is 0.977. The molecule has 6 nitrogen and oxygen atoms in total. The predicted octanol–water partition coefficient (Wildman–Crippen LogP) is 3.99. The normalized spacial score (nSPS) is 15.9. The lowest BCUT2D eigenvalue weighted by Gasteiger charge is -2.41. The van der Waals surface area contributed by atoms with Crippen molar-refractivity contribution >= 4 is 11.0 Å². The summed E-state index contributed by atoms with van der Waals surface area (Å²) in [5.41, 5.74) is 5.72. The second kappa shape index (κ2) is 6.85. The fourth-order valence-electron chi connectivity index (χ4n) is 4.30. The molecular formula is C24H24FN5O. The van der Waals surface area contributed by atoms with E-state index in [-0.39, 0.29) is 11.2 Å². The highest BCUT2D eigenvalue weighted by Crippen LogP contribution is 2.33. The van der Waals surface area contributed by atoms with Gasteiger partial charge in [-0.15, -0.1) is 0 Å². The van der Waals surface area contributed by atoms with Crippen LogP contribution in [-0.4, -0.2) is 37.5 Å². The minimum absolute atomic E-state index is 0.114. The summed E-state index contributed by atoms with van der Waals surface area (Å²) in [5, 5.41) is 11.9. The first-order valence-corrected chi connectivity index (χ1v) is 10.3. The van der Waals surface area contributed by atoms with Crippen molar-refractivity contribution in [1.29, 1.82) is 0 Å². The molecule has 31 heavy (non-hydrogen) atoms. The summed E-state index contributed by atoms with van der Waals surface area (Å²) >= 11 is 0. The third-order valence-electron chi connectivity index (χ3n) is 6.39. The monoisotopic (exact) mass is 417 g/mol. The third kappa shape index (κ3) is 3.16. The molecule has 1 N–H and O–H groups in total. The second-order valence-electron chi connectivity index (χ2n) is 8.96. The molecule has 0 fully saturated rings. The summed E-state index contributed by atoms with van der Waals surface area (Å²) in [5.74, 6) is -0.488. The number of benzene rings is 2. The lowest BCUT2D eigenvalue weighted by Crippen LogP contribution is -2.45. The molecule has 3 heterocycles. The van der Waals surface area contributed by atoms with Crippen LogP contribution in [0.15, 0.2) is 47.3 Å². The minimum Gasteiger partial charge on any atom is -0.297 e. The van der Waals surface area contributed by atoms with E-state index in [9.17, 15) is 9.18 Å². The Morgan fingerprint density at radius 3 is 2.71 bits per heavy atom. The molecule has 0 spiro atoms. The molecule has 4 aromatic rings. The van der Waals surface area contributed by atoms with Crippen LogP contribution in [0.4, 0.5) is 4.39 Å². The SMILES string of the molecule is Cc1cccc(F)c1-n1nc2c(-c3ccc4c(c3)CN(C)C(C)(C)C4)n[nH]c2cc1=O. The van der Waals surface area contributed by atoms with Crippen molar-refractivity contribution in [3.8, 4) is 16.9 Å². The van der Waals surface area contributed by atoms with E-state index in [4.69, 9.17) is 0 Å². The molecule has 0 unspecified atom stereocenters. The zero-order valence-electron chi connectivity index (χ0n) is 18.0. The minimum atomic E-state index is -0.488. The zero-order chi connectivity index (χ0) is 21.9. The van der Waals surface area contributed by atoms with Crippen molar-refractivity contribution in [2.75, 3.05) is 7.05 Å². The Morgan fingerprint density at radius 1 is 1.13 bits per heavy atom. The number of rotatable bonds is 2. The van der Waals surface area contributed by atoms with Gasteiger partial charge in [-0.05, 0) is 63.1 Å². The van der Waals surface area contributed by atoms with E-state index in [0.717, 1.165) is 23.2 Å². The number of aryl methyl sites for hydroxylation is 1. The van der Waals surface area contributed by atoms with Crippen LogP contribution in [0.5, 0.6) is 0 Å². The molecular weight excluding hydrogens is 393 g/mol. The van der Waals surface area contributed by atoms with Gasteiger partial charge in [0.15, 0.2) is 0 Å². The fraction of sp³-hybridized carbons (Fsp3) is 0.292. The molecule has 0 radical (unpaired) electrons. The molecule has 7 heteroatoms. The number of H-pyrrole nitrogens is 1. The van der Waals surface area contributed by atoms with Gasteiger partial charge in [-0.3, -0.25) is 14.8 Å². The van der Waals surface area contributed by atoms with Gasteiger partial charge in [-0.2, -0.15) is 14.9 Å². The van der Waals surface area contributed by atoms with E-state index in [1.54, 1.807) is 19.1 Å². The maximum atomic E-state index is 14.5. The first kappa shape index (κ1) is 19.6. The molecule has 0 atom stereocenters. The van der Waals surface area contributed by atoms with Crippen LogP contribution in [0.2, 0.25) is 0 Å². The van der Waals surface area contributed by atoms with Crippen molar-refractivity contribution < 1.29 is 4.39 Å². The van der Waals surface area contributed by atoms with Crippen LogP contribution in [0.3, 0.4) is 0 Å². The summed E-state index contributed by atoms with van der Waals surface area (Å²) in [4.78, 5) is 15.0. The van der Waals surface area contributed by atoms with E-state index in [2.05, 4.69) is 53.2 Å². The number of aromatic nitrogens is 4. The molecule has 2 aromatic heterocycles. The Kier molecular flexibility index (Phi) is 4.34. The van der Waals surface area contributed by atoms with Crippen molar-refractivity contribution in [2.45, 2.75) is 39.3 Å². The number of aromatic amines is 1. The summed E-state index contributed by atoms with van der Waals surface area (Å²) in [7, 11) is 2.14. The first-order chi connectivity index (χ1) is 14.7. The van der Waals surface area contributed by atoms with Crippen molar-refractivity contribution in [3.05, 3.63) is 75.3 Å². The molecule has 0 bridgehead atoms. The third-order valence-corrected chi connectivity index (χ3v) is 6.39. The molecule has 0 saturated carbocycles. The molecule has 0 amide bonds. The molecule has 0 aliphatic carbocycles. The standard InChI is InChI=1S/C24H24FN5O/c1-14-6-5-7-18(25)23(14)30-20(31)11-19-22(28-30)21(27-26-19)15-8-9-16-12-24(2,3)29(4)13-17(16)10-15/h5-11,26H,12-13H2,1-4H3. The number of para-hydroxylation sites is 1. The van der Waals surface area contributed by atoms with Crippen LogP contribution < -0.4 is 5.56 Å². The van der Waals surface area contributed by atoms with Gasteiger partial charge >= 0.3 is 0 Å². The van der Waals surface area contributed by atoms with Crippen molar-refractivity contribution in [2.24, 2.45) is 0 Å². The van der Waals surface area contributed by atoms with Gasteiger partial charge in [0.05, 0.1) is 5.52 Å². The van der Waals surface area contributed by atoms with E-state index in [0.29, 0.717) is 22.3 Å². The average Bonchev–Trinajstić information content (AvgIpc) is 3.11. The lowest BCUT2D eigenvalue weighted by molar-refractivity contribution is 0.133. The Labute approximate surface area is 179 Å². The summed E-state index contributed by atoms with van der Waals surface area (Å²) in [6, 6.07) is 12.5. The Morgan fingerprint density at radius 2 is 1.94 bits per heavy atom. The van der Waals surface area contributed by atoms with Crippen LogP contribution in [0.1, 0.15) is 30.5 Å². The summed E-state index contributed by atoms with van der Waals surface area (Å²) < 4.78 is 15.7. The molecule has 1 aliphatic rings. The Bertz CT molecular complexity index is 1360. The number of halogens is 1. The highest BCUT2D eigenvalue weighted by atomic mass is 19.1. The molecule has 5 rings (SSSR count). The molecule has 1 aliphatic heterocycles. The Hall–Kier alpha value is -3.32. The quantitative estimate of drug-likeness (QED) is 0.536. The number of hydrogen-bond acceptors (Lipinski definition) is 4. The lowest BCUT2D eigenvalue weighted by atomic mass is 9.85. The van der Waals surface area contributed by atoms with Gasteiger partial charge in [-0.25, -0.2) is 4.39 Å². The van der Waals surface area contributed by atoms with Crippen LogP contribution in [0.25, 0.3) is 28.0 Å². The first-order valence-electron chi connectivity index (χ1n) is 10.3. The topological polar surface area (TPSA) is 66.8 Å². The zero-order valence-corrected chi connectivity index (χ0v) is 18.0. The number of nitrogens with zero attached hydrogens (tertiary/aromatic N) is 4. The smallest absolute Gasteiger partial charge is 0.273 e. The van der Waals surface area contributed by atoms with Crippen LogP contribution in [-0.2, 0) is 13.0 Å². The van der Waals surface area contributed by atoms with E-state index >= 15 is 0 Å². The van der Waals surface area contributed by atoms with Crippen molar-refractivity contribution in [1.82, 2.24) is 24.9 Å². The average molecular weight is 417 g/mol.